The Balaban J connectivity index is 1.44. The van der Waals surface area contributed by atoms with Gasteiger partial charge in [-0.2, -0.15) is 5.26 Å². The summed E-state index contributed by atoms with van der Waals surface area (Å²) in [6.45, 7) is 3.38. The Morgan fingerprint density at radius 2 is 1.69 bits per heavy atom. The van der Waals surface area contributed by atoms with E-state index in [1.807, 2.05) is 24.3 Å². The molecule has 29 heavy (non-hydrogen) atoms. The molecule has 0 radical (unpaired) electrons. The molecule has 1 N–H and O–H groups in total. The molecule has 1 fully saturated rings. The first-order valence-corrected chi connectivity index (χ1v) is 9.42. The number of nitrogens with zero attached hydrogens (tertiary/aromatic N) is 5. The third kappa shape index (κ3) is 4.17. The van der Waals surface area contributed by atoms with E-state index >= 15 is 0 Å². The summed E-state index contributed by atoms with van der Waals surface area (Å²) < 4.78 is 0. The van der Waals surface area contributed by atoms with Gasteiger partial charge in [-0.3, -0.25) is 9.78 Å². The van der Waals surface area contributed by atoms with Crippen molar-refractivity contribution >= 4 is 23.1 Å². The summed E-state index contributed by atoms with van der Waals surface area (Å²) in [7, 11) is 0. The van der Waals surface area contributed by atoms with Crippen molar-refractivity contribution < 1.29 is 4.79 Å². The Labute approximate surface area is 169 Å². The first-order valence-electron chi connectivity index (χ1n) is 9.42. The molecule has 1 aromatic carbocycles. The predicted octanol–water partition coefficient (Wildman–Crippen LogP) is 2.93. The van der Waals surface area contributed by atoms with Gasteiger partial charge in [-0.05, 0) is 36.4 Å². The quantitative estimate of drug-likeness (QED) is 0.744. The lowest BCUT2D eigenvalue weighted by Crippen LogP contribution is -2.46. The number of nitriles is 1. The molecular weight excluding hydrogens is 364 g/mol. The summed E-state index contributed by atoms with van der Waals surface area (Å²) in [5.41, 5.74) is 2.18. The molecule has 1 amide bonds. The van der Waals surface area contributed by atoms with Gasteiger partial charge < -0.3 is 15.1 Å². The van der Waals surface area contributed by atoms with Crippen LogP contribution in [0, 0.1) is 11.3 Å². The van der Waals surface area contributed by atoms with Gasteiger partial charge in [-0.15, -0.1) is 0 Å². The molecule has 2 aromatic heterocycles. The second kappa shape index (κ2) is 8.40. The van der Waals surface area contributed by atoms with E-state index in [1.165, 1.54) is 0 Å². The zero-order valence-electron chi connectivity index (χ0n) is 15.8. The minimum Gasteiger partial charge on any atom is -0.368 e. The lowest BCUT2D eigenvalue weighted by atomic mass is 10.2. The number of carbonyl (C=O) groups is 1. The van der Waals surface area contributed by atoms with E-state index < -0.39 is 0 Å². The molecule has 7 nitrogen and oxygen atoms in total. The van der Waals surface area contributed by atoms with Crippen molar-refractivity contribution in [3.63, 3.8) is 0 Å². The number of amides is 1. The maximum Gasteiger partial charge on any atom is 0.274 e. The molecular formula is C22H20N6O. The van der Waals surface area contributed by atoms with Crippen molar-refractivity contribution in [1.82, 2.24) is 9.97 Å². The van der Waals surface area contributed by atoms with Crippen LogP contribution in [0.4, 0.5) is 17.2 Å². The first kappa shape index (κ1) is 18.4. The van der Waals surface area contributed by atoms with Gasteiger partial charge in [0.05, 0.1) is 11.3 Å². The van der Waals surface area contributed by atoms with Gasteiger partial charge in [0.1, 0.15) is 17.6 Å². The van der Waals surface area contributed by atoms with Crippen LogP contribution in [0.25, 0.3) is 0 Å². The van der Waals surface area contributed by atoms with Crippen LogP contribution in [0.5, 0.6) is 0 Å². The minimum atomic E-state index is -0.332. The molecule has 3 aromatic rings. The zero-order valence-corrected chi connectivity index (χ0v) is 15.8. The van der Waals surface area contributed by atoms with Crippen LogP contribution in [0.2, 0.25) is 0 Å². The van der Waals surface area contributed by atoms with Crippen molar-refractivity contribution in [2.45, 2.75) is 0 Å². The molecule has 0 atom stereocenters. The standard InChI is InChI=1S/C22H20N6O/c23-16-17-5-1-2-6-19(17)26-22(29)20-15-18(8-10-24-20)27-11-13-28(14-12-27)21-7-3-4-9-25-21/h1-10,15H,11-14H2,(H,26,29). The number of hydrogen-bond acceptors (Lipinski definition) is 6. The summed E-state index contributed by atoms with van der Waals surface area (Å²) in [5, 5.41) is 12.0. The summed E-state index contributed by atoms with van der Waals surface area (Å²) in [5.74, 6) is 0.653. The highest BCUT2D eigenvalue weighted by molar-refractivity contribution is 6.04. The molecule has 0 bridgehead atoms. The lowest BCUT2D eigenvalue weighted by molar-refractivity contribution is 0.102. The summed E-state index contributed by atoms with van der Waals surface area (Å²) in [6, 6.07) is 18.6. The van der Waals surface area contributed by atoms with E-state index in [0.29, 0.717) is 16.9 Å². The fourth-order valence-electron chi connectivity index (χ4n) is 3.35. The SMILES string of the molecule is N#Cc1ccccc1NC(=O)c1cc(N2CCN(c3ccccn3)CC2)ccn1. The Hall–Kier alpha value is -3.92. The fraction of sp³-hybridized carbons (Fsp3) is 0.182. The molecule has 1 saturated heterocycles. The highest BCUT2D eigenvalue weighted by atomic mass is 16.1. The van der Waals surface area contributed by atoms with E-state index in [4.69, 9.17) is 0 Å². The van der Waals surface area contributed by atoms with E-state index in [-0.39, 0.29) is 5.91 Å². The molecule has 3 heterocycles. The molecule has 1 aliphatic rings. The number of nitrogens with one attached hydrogen (secondary N) is 1. The maximum absolute atomic E-state index is 12.6. The number of hydrogen-bond donors (Lipinski definition) is 1. The van der Waals surface area contributed by atoms with Crippen molar-refractivity contribution in [3.8, 4) is 6.07 Å². The second-order valence-electron chi connectivity index (χ2n) is 6.67. The lowest BCUT2D eigenvalue weighted by Gasteiger charge is -2.36. The number of carbonyl (C=O) groups excluding carboxylic acids is 1. The topological polar surface area (TPSA) is 85.2 Å². The van der Waals surface area contributed by atoms with Gasteiger partial charge in [0.2, 0.25) is 0 Å². The van der Waals surface area contributed by atoms with Crippen LogP contribution in [0.3, 0.4) is 0 Å². The van der Waals surface area contributed by atoms with Gasteiger partial charge in [-0.25, -0.2) is 4.98 Å². The van der Waals surface area contributed by atoms with Crippen LogP contribution in [0.15, 0.2) is 67.0 Å². The molecule has 0 aliphatic carbocycles. The van der Waals surface area contributed by atoms with Crippen LogP contribution in [-0.4, -0.2) is 42.1 Å². The van der Waals surface area contributed by atoms with E-state index in [0.717, 1.165) is 37.7 Å². The third-order valence-corrected chi connectivity index (χ3v) is 4.89. The number of anilines is 3. The zero-order chi connectivity index (χ0) is 20.1. The highest BCUT2D eigenvalue weighted by Crippen LogP contribution is 2.20. The number of para-hydroxylation sites is 1. The molecule has 144 valence electrons. The van der Waals surface area contributed by atoms with Crippen LogP contribution in [-0.2, 0) is 0 Å². The average Bonchev–Trinajstić information content (AvgIpc) is 2.80. The van der Waals surface area contributed by atoms with Crippen molar-refractivity contribution in [2.75, 3.05) is 41.3 Å². The summed E-state index contributed by atoms with van der Waals surface area (Å²) in [4.78, 5) is 25.7. The Morgan fingerprint density at radius 1 is 0.931 bits per heavy atom. The van der Waals surface area contributed by atoms with Crippen molar-refractivity contribution in [1.29, 1.82) is 5.26 Å². The van der Waals surface area contributed by atoms with E-state index in [2.05, 4.69) is 31.2 Å². The van der Waals surface area contributed by atoms with Crippen molar-refractivity contribution in [2.24, 2.45) is 0 Å². The summed E-state index contributed by atoms with van der Waals surface area (Å²) in [6.07, 6.45) is 3.45. The van der Waals surface area contributed by atoms with Crippen LogP contribution >= 0.6 is 0 Å². The number of pyridine rings is 2. The smallest absolute Gasteiger partial charge is 0.274 e. The van der Waals surface area contributed by atoms with Gasteiger partial charge in [0.15, 0.2) is 0 Å². The Bertz CT molecular complexity index is 1040. The molecule has 4 rings (SSSR count). The van der Waals surface area contributed by atoms with E-state index in [9.17, 15) is 10.1 Å². The molecule has 0 saturated carbocycles. The van der Waals surface area contributed by atoms with Crippen LogP contribution in [0.1, 0.15) is 16.1 Å². The molecule has 0 spiro atoms. The monoisotopic (exact) mass is 384 g/mol. The fourth-order valence-corrected chi connectivity index (χ4v) is 3.35. The van der Waals surface area contributed by atoms with Crippen LogP contribution < -0.4 is 15.1 Å². The Morgan fingerprint density at radius 3 is 2.45 bits per heavy atom. The minimum absolute atomic E-state index is 0.322. The number of rotatable bonds is 4. The summed E-state index contributed by atoms with van der Waals surface area (Å²) >= 11 is 0. The van der Waals surface area contributed by atoms with E-state index in [1.54, 1.807) is 42.7 Å². The second-order valence-corrected chi connectivity index (χ2v) is 6.67. The predicted molar refractivity (Wildman–Crippen MR) is 112 cm³/mol. The maximum atomic E-state index is 12.6. The number of aromatic nitrogens is 2. The van der Waals surface area contributed by atoms with Crippen molar-refractivity contribution in [3.05, 3.63) is 78.2 Å². The third-order valence-electron chi connectivity index (χ3n) is 4.89. The molecule has 1 aliphatic heterocycles. The van der Waals surface area contributed by atoms with Gasteiger partial charge >= 0.3 is 0 Å². The average molecular weight is 384 g/mol. The van der Waals surface area contributed by atoms with Gasteiger partial charge in [0.25, 0.3) is 5.91 Å². The van der Waals surface area contributed by atoms with Gasteiger partial charge in [0, 0.05) is 44.3 Å². The largest absolute Gasteiger partial charge is 0.368 e. The number of benzene rings is 1. The Kier molecular flexibility index (Phi) is 5.34. The normalized spacial score (nSPS) is 13.6. The molecule has 7 heteroatoms. The number of piperazine rings is 1. The first-order chi connectivity index (χ1) is 14.2. The highest BCUT2D eigenvalue weighted by Gasteiger charge is 2.19. The van der Waals surface area contributed by atoms with Gasteiger partial charge in [-0.1, -0.05) is 18.2 Å². The molecule has 0 unspecified atom stereocenters.